The molecular formula is C16H20N2O4. The fourth-order valence-corrected chi connectivity index (χ4v) is 2.46. The fourth-order valence-electron chi connectivity index (χ4n) is 2.46. The normalized spacial score (nSPS) is 18.6. The van der Waals surface area contributed by atoms with Gasteiger partial charge in [0, 0.05) is 6.54 Å². The standard InChI is InChI=1S/C16H20N2O4/c1-12(15(20)18-9-5-8-14(18)10-19)17-16(21)22-11-13-6-3-2-4-7-13/h2-4,6-7,10,12,14H,5,8-9,11H2,1H3,(H,17,21)/t12-,14-/m0/s1. The molecule has 2 atom stereocenters. The summed E-state index contributed by atoms with van der Waals surface area (Å²) in [4.78, 5) is 36.4. The van der Waals surface area contributed by atoms with Crippen molar-refractivity contribution in [2.24, 2.45) is 0 Å². The lowest BCUT2D eigenvalue weighted by molar-refractivity contribution is -0.136. The molecule has 2 amide bonds. The van der Waals surface area contributed by atoms with Gasteiger partial charge in [0.05, 0.1) is 6.04 Å². The molecule has 0 aromatic heterocycles. The predicted octanol–water partition coefficient (Wildman–Crippen LogP) is 1.49. The van der Waals surface area contributed by atoms with E-state index in [4.69, 9.17) is 4.74 Å². The number of aldehydes is 1. The van der Waals surface area contributed by atoms with Gasteiger partial charge in [-0.05, 0) is 25.3 Å². The molecule has 1 aromatic rings. The Morgan fingerprint density at radius 2 is 2.14 bits per heavy atom. The molecule has 1 aliphatic rings. The second-order valence-corrected chi connectivity index (χ2v) is 5.31. The van der Waals surface area contributed by atoms with Crippen LogP contribution < -0.4 is 5.32 Å². The molecule has 1 N–H and O–H groups in total. The molecule has 118 valence electrons. The lowest BCUT2D eigenvalue weighted by Crippen LogP contribution is -2.49. The van der Waals surface area contributed by atoms with Crippen LogP contribution >= 0.6 is 0 Å². The molecule has 0 spiro atoms. The van der Waals surface area contributed by atoms with Gasteiger partial charge in [0.2, 0.25) is 5.91 Å². The van der Waals surface area contributed by atoms with Crippen LogP contribution in [0.3, 0.4) is 0 Å². The molecular weight excluding hydrogens is 284 g/mol. The Balaban J connectivity index is 1.80. The number of carbonyl (C=O) groups excluding carboxylic acids is 3. The molecule has 6 heteroatoms. The maximum Gasteiger partial charge on any atom is 0.408 e. The number of alkyl carbamates (subject to hydrolysis) is 1. The summed E-state index contributed by atoms with van der Waals surface area (Å²) in [5.74, 6) is -0.258. The van der Waals surface area contributed by atoms with Crippen LogP contribution in [0.25, 0.3) is 0 Å². The third-order valence-corrected chi connectivity index (χ3v) is 3.66. The molecule has 1 fully saturated rings. The first kappa shape index (κ1) is 16.0. The van der Waals surface area contributed by atoms with Crippen molar-refractivity contribution in [3.63, 3.8) is 0 Å². The maximum atomic E-state index is 12.2. The van der Waals surface area contributed by atoms with Crippen molar-refractivity contribution < 1.29 is 19.1 Å². The predicted molar refractivity (Wildman–Crippen MR) is 80.0 cm³/mol. The van der Waals surface area contributed by atoms with E-state index in [1.54, 1.807) is 6.92 Å². The number of benzene rings is 1. The summed E-state index contributed by atoms with van der Waals surface area (Å²) in [6.45, 7) is 2.29. The van der Waals surface area contributed by atoms with E-state index in [0.717, 1.165) is 18.3 Å². The van der Waals surface area contributed by atoms with E-state index in [1.165, 1.54) is 4.90 Å². The fraction of sp³-hybridized carbons (Fsp3) is 0.438. The summed E-state index contributed by atoms with van der Waals surface area (Å²) >= 11 is 0. The highest BCUT2D eigenvalue weighted by molar-refractivity contribution is 5.87. The minimum Gasteiger partial charge on any atom is -0.445 e. The van der Waals surface area contributed by atoms with Gasteiger partial charge in [0.1, 0.15) is 18.9 Å². The van der Waals surface area contributed by atoms with Crippen LogP contribution in [0.5, 0.6) is 0 Å². The van der Waals surface area contributed by atoms with Gasteiger partial charge in [0.15, 0.2) is 0 Å². The van der Waals surface area contributed by atoms with Gasteiger partial charge in [-0.1, -0.05) is 30.3 Å². The highest BCUT2D eigenvalue weighted by atomic mass is 16.5. The second-order valence-electron chi connectivity index (χ2n) is 5.31. The molecule has 22 heavy (non-hydrogen) atoms. The number of nitrogens with one attached hydrogen (secondary N) is 1. The van der Waals surface area contributed by atoms with Gasteiger partial charge >= 0.3 is 6.09 Å². The first-order chi connectivity index (χ1) is 10.6. The quantitative estimate of drug-likeness (QED) is 0.836. The summed E-state index contributed by atoms with van der Waals surface area (Å²) in [6, 6.07) is 8.19. The minimum atomic E-state index is -0.719. The van der Waals surface area contributed by atoms with Gasteiger partial charge in [-0.3, -0.25) is 4.79 Å². The van der Waals surface area contributed by atoms with E-state index in [9.17, 15) is 14.4 Å². The van der Waals surface area contributed by atoms with Crippen molar-refractivity contribution in [1.29, 1.82) is 0 Å². The highest BCUT2D eigenvalue weighted by Gasteiger charge is 2.31. The molecule has 0 bridgehead atoms. The van der Waals surface area contributed by atoms with Crippen LogP contribution in [0.2, 0.25) is 0 Å². The zero-order valence-electron chi connectivity index (χ0n) is 12.5. The monoisotopic (exact) mass is 304 g/mol. The van der Waals surface area contributed by atoms with E-state index >= 15 is 0 Å². The van der Waals surface area contributed by atoms with Crippen molar-refractivity contribution in [2.45, 2.75) is 38.5 Å². The Morgan fingerprint density at radius 3 is 2.82 bits per heavy atom. The van der Waals surface area contributed by atoms with E-state index in [1.807, 2.05) is 30.3 Å². The van der Waals surface area contributed by atoms with Crippen molar-refractivity contribution in [1.82, 2.24) is 10.2 Å². The Hall–Kier alpha value is -2.37. The number of hydrogen-bond acceptors (Lipinski definition) is 4. The maximum absolute atomic E-state index is 12.2. The van der Waals surface area contributed by atoms with Crippen molar-refractivity contribution in [3.05, 3.63) is 35.9 Å². The van der Waals surface area contributed by atoms with E-state index < -0.39 is 12.1 Å². The lowest BCUT2D eigenvalue weighted by Gasteiger charge is -2.24. The first-order valence-electron chi connectivity index (χ1n) is 7.35. The van der Waals surface area contributed by atoms with Crippen LogP contribution in [-0.4, -0.2) is 41.8 Å². The largest absolute Gasteiger partial charge is 0.445 e. The number of amides is 2. The molecule has 1 aliphatic heterocycles. The average molecular weight is 304 g/mol. The number of likely N-dealkylation sites (tertiary alicyclic amines) is 1. The summed E-state index contributed by atoms with van der Waals surface area (Å²) < 4.78 is 5.07. The molecule has 1 heterocycles. The third-order valence-electron chi connectivity index (χ3n) is 3.66. The van der Waals surface area contributed by atoms with Gasteiger partial charge in [-0.2, -0.15) is 0 Å². The smallest absolute Gasteiger partial charge is 0.408 e. The van der Waals surface area contributed by atoms with Crippen LogP contribution in [0, 0.1) is 0 Å². The number of nitrogens with zero attached hydrogens (tertiary/aromatic N) is 1. The van der Waals surface area contributed by atoms with Gasteiger partial charge < -0.3 is 19.7 Å². The Labute approximate surface area is 129 Å². The number of ether oxygens (including phenoxy) is 1. The van der Waals surface area contributed by atoms with Crippen LogP contribution in [0.1, 0.15) is 25.3 Å². The van der Waals surface area contributed by atoms with Gasteiger partial charge in [0.25, 0.3) is 0 Å². The molecule has 0 radical (unpaired) electrons. The summed E-state index contributed by atoms with van der Waals surface area (Å²) in [7, 11) is 0. The Kier molecular flexibility index (Phi) is 5.52. The lowest BCUT2D eigenvalue weighted by atomic mass is 10.2. The first-order valence-corrected chi connectivity index (χ1v) is 7.35. The summed E-state index contributed by atoms with van der Waals surface area (Å²) in [5.41, 5.74) is 0.872. The van der Waals surface area contributed by atoms with E-state index in [-0.39, 0.29) is 18.6 Å². The SMILES string of the molecule is C[C@H](NC(=O)OCc1ccccc1)C(=O)N1CCC[C@H]1C=O. The van der Waals surface area contributed by atoms with Gasteiger partial charge in [-0.15, -0.1) is 0 Å². The summed E-state index contributed by atoms with van der Waals surface area (Å²) in [6.07, 6.45) is 1.62. The molecule has 0 unspecified atom stereocenters. The van der Waals surface area contributed by atoms with Gasteiger partial charge in [-0.25, -0.2) is 4.79 Å². The van der Waals surface area contributed by atoms with Crippen LogP contribution in [0.15, 0.2) is 30.3 Å². The Bertz CT molecular complexity index is 532. The van der Waals surface area contributed by atoms with Crippen molar-refractivity contribution >= 4 is 18.3 Å². The van der Waals surface area contributed by atoms with Crippen molar-refractivity contribution in [3.8, 4) is 0 Å². The molecule has 1 aromatic carbocycles. The molecule has 2 rings (SSSR count). The number of rotatable bonds is 5. The summed E-state index contributed by atoms with van der Waals surface area (Å²) in [5, 5.41) is 2.50. The average Bonchev–Trinajstić information content (AvgIpc) is 3.01. The molecule has 0 aliphatic carbocycles. The zero-order chi connectivity index (χ0) is 15.9. The molecule has 1 saturated heterocycles. The third kappa shape index (κ3) is 4.07. The Morgan fingerprint density at radius 1 is 1.41 bits per heavy atom. The van der Waals surface area contributed by atoms with Crippen molar-refractivity contribution in [2.75, 3.05) is 6.54 Å². The van der Waals surface area contributed by atoms with E-state index in [0.29, 0.717) is 13.0 Å². The highest BCUT2D eigenvalue weighted by Crippen LogP contribution is 2.16. The topological polar surface area (TPSA) is 75.7 Å². The molecule has 6 nitrogen and oxygen atoms in total. The van der Waals surface area contributed by atoms with E-state index in [2.05, 4.69) is 5.32 Å². The number of carbonyl (C=O) groups is 3. The number of hydrogen-bond donors (Lipinski definition) is 1. The van der Waals surface area contributed by atoms with Crippen LogP contribution in [-0.2, 0) is 20.9 Å². The zero-order valence-corrected chi connectivity index (χ0v) is 12.5. The minimum absolute atomic E-state index is 0.147. The molecule has 0 saturated carbocycles. The van der Waals surface area contributed by atoms with Crippen LogP contribution in [0.4, 0.5) is 4.79 Å². The second kappa shape index (κ2) is 7.59.